The van der Waals surface area contributed by atoms with Crippen LogP contribution in [0.1, 0.15) is 22.3 Å². The molecule has 0 spiro atoms. The minimum atomic E-state index is -4.42. The summed E-state index contributed by atoms with van der Waals surface area (Å²) in [5.41, 5.74) is 3.68. The van der Waals surface area contributed by atoms with E-state index < -0.39 is 20.8 Å². The predicted octanol–water partition coefficient (Wildman–Crippen LogP) is 2.85. The zero-order valence-electron chi connectivity index (χ0n) is 11.3. The van der Waals surface area contributed by atoms with Gasteiger partial charge in [-0.25, -0.2) is 0 Å². The molecule has 0 atom stereocenters. The second kappa shape index (κ2) is 5.26. The van der Waals surface area contributed by atoms with Crippen molar-refractivity contribution in [2.75, 3.05) is 0 Å². The second-order valence-corrected chi connectivity index (χ2v) is 6.24. The van der Waals surface area contributed by atoms with Crippen LogP contribution in [0.15, 0.2) is 41.3 Å². The Hall–Kier alpha value is -1.85. The summed E-state index contributed by atoms with van der Waals surface area (Å²) >= 11 is 0. The monoisotopic (exact) mass is 292 g/mol. The van der Waals surface area contributed by atoms with Crippen LogP contribution in [-0.4, -0.2) is 18.1 Å². The molecule has 0 radical (unpaired) electrons. The van der Waals surface area contributed by atoms with E-state index in [1.54, 1.807) is 6.07 Å². The van der Waals surface area contributed by atoms with E-state index in [0.717, 1.165) is 16.7 Å². The first kappa shape index (κ1) is 14.6. The molecule has 5 heteroatoms. The van der Waals surface area contributed by atoms with Gasteiger partial charge in [-0.3, -0.25) is 4.55 Å². The van der Waals surface area contributed by atoms with Crippen molar-refractivity contribution in [1.82, 2.24) is 0 Å². The molecule has 2 N–H and O–H groups in total. The topological polar surface area (TPSA) is 74.6 Å². The summed E-state index contributed by atoms with van der Waals surface area (Å²) in [5, 5.41) is 9.99. The minimum Gasteiger partial charge on any atom is -0.506 e. The Bertz CT molecular complexity index is 748. The van der Waals surface area contributed by atoms with E-state index in [0.29, 0.717) is 12.0 Å². The molecule has 0 aromatic heterocycles. The number of benzene rings is 2. The minimum absolute atomic E-state index is 0.394. The smallest absolute Gasteiger partial charge is 0.298 e. The van der Waals surface area contributed by atoms with Crippen LogP contribution in [-0.2, 0) is 16.5 Å². The number of hydrogen-bond donors (Lipinski definition) is 2. The van der Waals surface area contributed by atoms with Crippen molar-refractivity contribution in [2.24, 2.45) is 0 Å². The summed E-state index contributed by atoms with van der Waals surface area (Å²) in [6.07, 6.45) is 0.404. The van der Waals surface area contributed by atoms with Gasteiger partial charge >= 0.3 is 0 Å². The molecule has 0 heterocycles. The molecule has 0 amide bonds. The van der Waals surface area contributed by atoms with Crippen molar-refractivity contribution in [2.45, 2.75) is 25.2 Å². The van der Waals surface area contributed by atoms with Gasteiger partial charge in [0.1, 0.15) is 10.6 Å². The molecule has 2 aromatic carbocycles. The van der Waals surface area contributed by atoms with Gasteiger partial charge in [0.15, 0.2) is 0 Å². The van der Waals surface area contributed by atoms with Gasteiger partial charge in [0.2, 0.25) is 0 Å². The van der Waals surface area contributed by atoms with Crippen LogP contribution in [0.2, 0.25) is 0 Å². The summed E-state index contributed by atoms with van der Waals surface area (Å²) in [5.74, 6) is -0.394. The third kappa shape index (κ3) is 3.00. The van der Waals surface area contributed by atoms with Crippen molar-refractivity contribution in [3.05, 3.63) is 58.7 Å². The van der Waals surface area contributed by atoms with E-state index >= 15 is 0 Å². The predicted molar refractivity (Wildman–Crippen MR) is 76.6 cm³/mol. The molecule has 0 fully saturated rings. The molecule has 0 aliphatic rings. The van der Waals surface area contributed by atoms with Crippen LogP contribution in [0, 0.1) is 13.8 Å². The quantitative estimate of drug-likeness (QED) is 0.853. The Balaban J connectivity index is 2.45. The highest BCUT2D eigenvalue weighted by molar-refractivity contribution is 7.86. The molecule has 106 valence electrons. The van der Waals surface area contributed by atoms with Gasteiger partial charge in [0, 0.05) is 6.42 Å². The van der Waals surface area contributed by atoms with Gasteiger partial charge in [-0.1, -0.05) is 35.9 Å². The highest BCUT2D eigenvalue weighted by atomic mass is 32.2. The van der Waals surface area contributed by atoms with Crippen LogP contribution in [0.4, 0.5) is 0 Å². The normalized spacial score (nSPS) is 11.6. The van der Waals surface area contributed by atoms with Crippen LogP contribution in [0.3, 0.4) is 0 Å². The Morgan fingerprint density at radius 1 is 1.05 bits per heavy atom. The fraction of sp³-hybridized carbons (Fsp3) is 0.200. The number of aryl methyl sites for hydroxylation is 2. The van der Waals surface area contributed by atoms with Crippen LogP contribution in [0.5, 0.6) is 5.75 Å². The third-order valence-corrected chi connectivity index (χ3v) is 4.12. The molecule has 0 aliphatic carbocycles. The molecule has 4 nitrogen and oxygen atoms in total. The summed E-state index contributed by atoms with van der Waals surface area (Å²) in [6, 6.07) is 10.3. The number of rotatable bonds is 3. The Kier molecular flexibility index (Phi) is 3.83. The Morgan fingerprint density at radius 3 is 2.35 bits per heavy atom. The number of para-hydroxylation sites is 1. The molecule has 0 bridgehead atoms. The van der Waals surface area contributed by atoms with Gasteiger partial charge < -0.3 is 5.11 Å². The first-order valence-electron chi connectivity index (χ1n) is 6.13. The number of hydrogen-bond acceptors (Lipinski definition) is 3. The highest BCUT2D eigenvalue weighted by Gasteiger charge is 2.18. The van der Waals surface area contributed by atoms with Crippen molar-refractivity contribution >= 4 is 10.1 Å². The summed E-state index contributed by atoms with van der Waals surface area (Å²) in [4.78, 5) is -0.459. The van der Waals surface area contributed by atoms with Crippen LogP contribution in [0.25, 0.3) is 0 Å². The number of phenols is 1. The highest BCUT2D eigenvalue weighted by Crippen LogP contribution is 2.29. The van der Waals surface area contributed by atoms with Gasteiger partial charge in [0.05, 0.1) is 0 Å². The summed E-state index contributed by atoms with van der Waals surface area (Å²) < 4.78 is 31.4. The number of aromatic hydroxyl groups is 1. The zero-order valence-corrected chi connectivity index (χ0v) is 12.1. The second-order valence-electron chi connectivity index (χ2n) is 4.85. The SMILES string of the molecule is Cc1ccc(Cc2cccc(S(=O)(=O)O)c2O)c(C)c1. The van der Waals surface area contributed by atoms with Gasteiger partial charge in [-0.15, -0.1) is 0 Å². The fourth-order valence-electron chi connectivity index (χ4n) is 2.17. The molecule has 0 saturated carbocycles. The molecule has 2 aromatic rings. The fourth-order valence-corrected chi connectivity index (χ4v) is 2.79. The van der Waals surface area contributed by atoms with E-state index in [4.69, 9.17) is 4.55 Å². The third-order valence-electron chi connectivity index (χ3n) is 3.24. The lowest BCUT2D eigenvalue weighted by Gasteiger charge is -2.10. The molecule has 0 aliphatic heterocycles. The largest absolute Gasteiger partial charge is 0.506 e. The lowest BCUT2D eigenvalue weighted by Crippen LogP contribution is -2.01. The van der Waals surface area contributed by atoms with Gasteiger partial charge in [-0.05, 0) is 36.6 Å². The van der Waals surface area contributed by atoms with E-state index in [-0.39, 0.29) is 0 Å². The van der Waals surface area contributed by atoms with E-state index in [1.807, 2.05) is 32.0 Å². The Labute approximate surface area is 118 Å². The van der Waals surface area contributed by atoms with Crippen molar-refractivity contribution in [3.63, 3.8) is 0 Å². The Morgan fingerprint density at radius 2 is 1.75 bits per heavy atom. The average Bonchev–Trinajstić information content (AvgIpc) is 2.33. The molecule has 20 heavy (non-hydrogen) atoms. The molecule has 0 saturated heterocycles. The standard InChI is InChI=1S/C15H16O4S/c1-10-6-7-12(11(2)8-10)9-13-4-3-5-14(15(13)16)20(17,18)19/h3-8,16H,9H2,1-2H3,(H,17,18,19). The van der Waals surface area contributed by atoms with E-state index in [9.17, 15) is 13.5 Å². The molecular weight excluding hydrogens is 276 g/mol. The van der Waals surface area contributed by atoms with Gasteiger partial charge in [-0.2, -0.15) is 8.42 Å². The van der Waals surface area contributed by atoms with Crippen LogP contribution < -0.4 is 0 Å². The average molecular weight is 292 g/mol. The van der Waals surface area contributed by atoms with Gasteiger partial charge in [0.25, 0.3) is 10.1 Å². The van der Waals surface area contributed by atoms with E-state index in [1.165, 1.54) is 12.1 Å². The summed E-state index contributed by atoms with van der Waals surface area (Å²) in [6.45, 7) is 3.96. The lowest BCUT2D eigenvalue weighted by molar-refractivity contribution is 0.439. The molecule has 0 unspecified atom stereocenters. The molecular formula is C15H16O4S. The number of phenolic OH excluding ortho intramolecular Hbond substituents is 1. The van der Waals surface area contributed by atoms with Crippen LogP contribution >= 0.6 is 0 Å². The lowest BCUT2D eigenvalue weighted by atomic mass is 9.98. The van der Waals surface area contributed by atoms with Crippen molar-refractivity contribution in [1.29, 1.82) is 0 Å². The maximum absolute atomic E-state index is 11.2. The first-order chi connectivity index (χ1) is 9.29. The molecule has 2 rings (SSSR count). The van der Waals surface area contributed by atoms with Crippen molar-refractivity contribution in [3.8, 4) is 5.75 Å². The maximum atomic E-state index is 11.2. The zero-order chi connectivity index (χ0) is 14.9. The summed E-state index contributed by atoms with van der Waals surface area (Å²) in [7, 11) is -4.42. The first-order valence-corrected chi connectivity index (χ1v) is 7.57. The maximum Gasteiger partial charge on any atom is 0.298 e. The van der Waals surface area contributed by atoms with Crippen molar-refractivity contribution < 1.29 is 18.1 Å². The van der Waals surface area contributed by atoms with E-state index in [2.05, 4.69) is 0 Å².